The first-order valence-corrected chi connectivity index (χ1v) is 13.5. The smallest absolute Gasteiger partial charge is 0.243 e. The lowest BCUT2D eigenvalue weighted by Gasteiger charge is -2.32. The molecule has 0 aromatic heterocycles. The van der Waals surface area contributed by atoms with Crippen LogP contribution in [0, 0.1) is 0 Å². The fourth-order valence-corrected chi connectivity index (χ4v) is 5.11. The summed E-state index contributed by atoms with van der Waals surface area (Å²) < 4.78 is 0.944. The minimum atomic E-state index is -0.621. The Morgan fingerprint density at radius 3 is 2.27 bits per heavy atom. The fraction of sp³-hybridized carbons (Fsp3) is 0.250. The molecule has 4 aromatic carbocycles. The summed E-state index contributed by atoms with van der Waals surface area (Å²) in [5.41, 5.74) is 3.14. The van der Waals surface area contributed by atoms with Crippen molar-refractivity contribution in [1.29, 1.82) is 0 Å². The zero-order valence-corrected chi connectivity index (χ0v) is 22.9. The third kappa shape index (κ3) is 7.30. The van der Waals surface area contributed by atoms with Crippen molar-refractivity contribution in [2.75, 3.05) is 0 Å². The van der Waals surface area contributed by atoms with Crippen LogP contribution in [0.15, 0.2) is 102 Å². The number of hydrogen-bond donors (Lipinski definition) is 1. The number of halogens is 1. The molecule has 4 rings (SSSR count). The molecule has 0 heterocycles. The van der Waals surface area contributed by atoms with Crippen LogP contribution in [0.4, 0.5) is 0 Å². The molecule has 1 N–H and O–H groups in total. The summed E-state index contributed by atoms with van der Waals surface area (Å²) in [6, 6.07) is 31.6. The average molecular weight is 558 g/mol. The second-order valence-corrected chi connectivity index (χ2v) is 10.6. The van der Waals surface area contributed by atoms with E-state index < -0.39 is 6.04 Å². The first-order valence-electron chi connectivity index (χ1n) is 12.8. The van der Waals surface area contributed by atoms with E-state index in [1.165, 1.54) is 0 Å². The molecule has 0 aliphatic rings. The zero-order valence-electron chi connectivity index (χ0n) is 21.4. The third-order valence-corrected chi connectivity index (χ3v) is 6.93. The number of rotatable bonds is 10. The molecular weight excluding hydrogens is 524 g/mol. The molecule has 0 saturated carbocycles. The maximum Gasteiger partial charge on any atom is 0.243 e. The van der Waals surface area contributed by atoms with E-state index in [-0.39, 0.29) is 17.9 Å². The first-order chi connectivity index (χ1) is 17.9. The number of carbonyl (C=O) groups is 2. The van der Waals surface area contributed by atoms with Gasteiger partial charge in [0.2, 0.25) is 11.8 Å². The van der Waals surface area contributed by atoms with Crippen LogP contribution in [0.2, 0.25) is 0 Å². The summed E-state index contributed by atoms with van der Waals surface area (Å²) in [5, 5.41) is 5.38. The minimum absolute atomic E-state index is 0.0238. The van der Waals surface area contributed by atoms with Crippen molar-refractivity contribution in [3.63, 3.8) is 0 Å². The maximum atomic E-state index is 13.9. The highest BCUT2D eigenvalue weighted by Crippen LogP contribution is 2.22. The number of fused-ring (bicyclic) bond motifs is 1. The summed E-state index contributed by atoms with van der Waals surface area (Å²) >= 11 is 3.54. The van der Waals surface area contributed by atoms with Crippen molar-refractivity contribution in [2.45, 2.75) is 51.7 Å². The van der Waals surface area contributed by atoms with Crippen LogP contribution in [0.3, 0.4) is 0 Å². The minimum Gasteiger partial charge on any atom is -0.352 e. The van der Waals surface area contributed by atoms with E-state index in [0.29, 0.717) is 25.8 Å². The third-order valence-electron chi connectivity index (χ3n) is 6.43. The van der Waals surface area contributed by atoms with E-state index >= 15 is 0 Å². The van der Waals surface area contributed by atoms with Crippen molar-refractivity contribution < 1.29 is 9.59 Å². The molecule has 0 bridgehead atoms. The highest BCUT2D eigenvalue weighted by molar-refractivity contribution is 9.10. The molecule has 37 heavy (non-hydrogen) atoms. The van der Waals surface area contributed by atoms with Gasteiger partial charge in [-0.25, -0.2) is 0 Å². The molecule has 2 amide bonds. The van der Waals surface area contributed by atoms with E-state index in [1.807, 2.05) is 86.6 Å². The van der Waals surface area contributed by atoms with Crippen LogP contribution < -0.4 is 5.32 Å². The largest absolute Gasteiger partial charge is 0.352 e. The summed E-state index contributed by atoms with van der Waals surface area (Å²) in [5.74, 6) is -0.167. The number of nitrogens with zero attached hydrogens (tertiary/aromatic N) is 1. The lowest BCUT2D eigenvalue weighted by atomic mass is 9.99. The number of nitrogens with one attached hydrogen (secondary N) is 1. The number of benzene rings is 4. The van der Waals surface area contributed by atoms with Crippen molar-refractivity contribution in [3.8, 4) is 0 Å². The molecule has 1 atom stereocenters. The van der Waals surface area contributed by atoms with Crippen LogP contribution in [0.5, 0.6) is 0 Å². The lowest BCUT2D eigenvalue weighted by Crippen LogP contribution is -2.51. The standard InChI is InChI=1S/C32H33BrN2O2/c1-23(2)34-32(37)30(21-24-10-4-3-5-11-24)35(22-25-12-8-16-28(33)20-25)31(36)19-18-27-15-9-14-26-13-6-7-17-29(26)27/h3-17,20,23,30H,18-19,21-22H2,1-2H3,(H,34,37). The Hall–Kier alpha value is -3.44. The van der Waals surface area contributed by atoms with Crippen molar-refractivity contribution in [1.82, 2.24) is 10.2 Å². The highest BCUT2D eigenvalue weighted by Gasteiger charge is 2.30. The van der Waals surface area contributed by atoms with Crippen molar-refractivity contribution in [2.24, 2.45) is 0 Å². The molecule has 0 saturated heterocycles. The predicted octanol–water partition coefficient (Wildman–Crippen LogP) is 6.70. The van der Waals surface area contributed by atoms with E-state index in [2.05, 4.69) is 45.5 Å². The van der Waals surface area contributed by atoms with E-state index in [4.69, 9.17) is 0 Å². The molecule has 4 aromatic rings. The molecule has 0 fully saturated rings. The van der Waals surface area contributed by atoms with Gasteiger partial charge in [0, 0.05) is 29.9 Å². The summed E-state index contributed by atoms with van der Waals surface area (Å²) in [7, 11) is 0. The second kappa shape index (κ2) is 12.7. The lowest BCUT2D eigenvalue weighted by molar-refractivity contribution is -0.141. The van der Waals surface area contributed by atoms with Crippen LogP contribution in [0.25, 0.3) is 10.8 Å². The van der Waals surface area contributed by atoms with Gasteiger partial charge in [-0.05, 0) is 59.9 Å². The van der Waals surface area contributed by atoms with Crippen LogP contribution in [-0.4, -0.2) is 28.8 Å². The fourth-order valence-electron chi connectivity index (χ4n) is 4.66. The van der Waals surface area contributed by atoms with Crippen molar-refractivity contribution >= 4 is 38.5 Å². The monoisotopic (exact) mass is 556 g/mol. The Balaban J connectivity index is 1.64. The van der Waals surface area contributed by atoms with Gasteiger partial charge >= 0.3 is 0 Å². The topological polar surface area (TPSA) is 49.4 Å². The Kier molecular flexibility index (Phi) is 9.13. The first kappa shape index (κ1) is 26.6. The SMILES string of the molecule is CC(C)NC(=O)C(Cc1ccccc1)N(Cc1cccc(Br)c1)C(=O)CCc1cccc2ccccc12. The molecule has 4 nitrogen and oxygen atoms in total. The van der Waals surface area contributed by atoms with Gasteiger partial charge in [-0.15, -0.1) is 0 Å². The van der Waals surface area contributed by atoms with Gasteiger partial charge in [0.25, 0.3) is 0 Å². The van der Waals surface area contributed by atoms with Gasteiger partial charge in [0.15, 0.2) is 0 Å². The Morgan fingerprint density at radius 2 is 1.51 bits per heavy atom. The van der Waals surface area contributed by atoms with Gasteiger partial charge in [-0.3, -0.25) is 9.59 Å². The quantitative estimate of drug-likeness (QED) is 0.236. The van der Waals surface area contributed by atoms with Gasteiger partial charge in [0.1, 0.15) is 6.04 Å². The molecule has 0 aliphatic carbocycles. The number of aryl methyl sites for hydroxylation is 1. The highest BCUT2D eigenvalue weighted by atomic mass is 79.9. The summed E-state index contributed by atoms with van der Waals surface area (Å²) in [4.78, 5) is 29.2. The maximum absolute atomic E-state index is 13.9. The number of amides is 2. The molecular formula is C32H33BrN2O2. The molecule has 5 heteroatoms. The summed E-state index contributed by atoms with van der Waals surface area (Å²) in [6.45, 7) is 4.24. The Morgan fingerprint density at radius 1 is 0.838 bits per heavy atom. The Labute approximate surface area is 227 Å². The number of carbonyl (C=O) groups excluding carboxylic acids is 2. The van der Waals surface area contributed by atoms with Crippen molar-refractivity contribution in [3.05, 3.63) is 118 Å². The molecule has 0 aliphatic heterocycles. The van der Waals surface area contributed by atoms with E-state index in [1.54, 1.807) is 4.90 Å². The normalized spacial score (nSPS) is 11.9. The average Bonchev–Trinajstić information content (AvgIpc) is 2.89. The van der Waals surface area contributed by atoms with Crippen LogP contribution in [-0.2, 0) is 29.0 Å². The van der Waals surface area contributed by atoms with Crippen LogP contribution in [0.1, 0.15) is 37.0 Å². The molecule has 0 radical (unpaired) electrons. The van der Waals surface area contributed by atoms with Gasteiger partial charge in [0.05, 0.1) is 0 Å². The van der Waals surface area contributed by atoms with Gasteiger partial charge < -0.3 is 10.2 Å². The second-order valence-electron chi connectivity index (χ2n) is 9.66. The zero-order chi connectivity index (χ0) is 26.2. The molecule has 190 valence electrons. The Bertz CT molecular complexity index is 1350. The number of hydrogen-bond acceptors (Lipinski definition) is 2. The molecule has 1 unspecified atom stereocenters. The van der Waals surface area contributed by atoms with E-state index in [9.17, 15) is 9.59 Å². The van der Waals surface area contributed by atoms with Crippen LogP contribution >= 0.6 is 15.9 Å². The molecule has 0 spiro atoms. The van der Waals surface area contributed by atoms with Gasteiger partial charge in [-0.1, -0.05) is 101 Å². The summed E-state index contributed by atoms with van der Waals surface area (Å²) in [6.07, 6.45) is 1.38. The predicted molar refractivity (Wildman–Crippen MR) is 154 cm³/mol. The van der Waals surface area contributed by atoms with E-state index in [0.717, 1.165) is 31.9 Å². The van der Waals surface area contributed by atoms with Gasteiger partial charge in [-0.2, -0.15) is 0 Å².